The van der Waals surface area contributed by atoms with Crippen LogP contribution in [0.2, 0.25) is 0 Å². The zero-order valence-corrected chi connectivity index (χ0v) is 13.0. The van der Waals surface area contributed by atoms with E-state index in [1.54, 1.807) is 5.57 Å². The molecule has 0 amide bonds. The van der Waals surface area contributed by atoms with Crippen LogP contribution in [0.5, 0.6) is 0 Å². The molecule has 0 bridgehead atoms. The van der Waals surface area contributed by atoms with Gasteiger partial charge in [0.25, 0.3) is 0 Å². The molecule has 0 saturated heterocycles. The molecule has 3 saturated carbocycles. The second-order valence-electron chi connectivity index (χ2n) is 8.36. The smallest absolute Gasteiger partial charge is 0.0578 e. The third-order valence-electron chi connectivity index (χ3n) is 7.32. The molecule has 0 radical (unpaired) electrons. The van der Waals surface area contributed by atoms with Crippen molar-refractivity contribution < 1.29 is 5.11 Å². The lowest BCUT2D eigenvalue weighted by atomic mass is 9.51. The van der Waals surface area contributed by atoms with Gasteiger partial charge < -0.3 is 5.11 Å². The van der Waals surface area contributed by atoms with Crippen LogP contribution >= 0.6 is 0 Å². The summed E-state index contributed by atoms with van der Waals surface area (Å²) in [5.41, 5.74) is 4.26. The Morgan fingerprint density at radius 3 is 2.70 bits per heavy atom. The van der Waals surface area contributed by atoms with Gasteiger partial charge in [0.2, 0.25) is 0 Å². The van der Waals surface area contributed by atoms with Crippen molar-refractivity contribution in [1.29, 1.82) is 0 Å². The summed E-state index contributed by atoms with van der Waals surface area (Å²) >= 11 is 0. The molecule has 4 rings (SSSR count). The molecule has 4 aliphatic carbocycles. The monoisotopic (exact) mass is 272 g/mol. The quantitative estimate of drug-likeness (QED) is 0.682. The summed E-state index contributed by atoms with van der Waals surface area (Å²) in [4.78, 5) is 0. The van der Waals surface area contributed by atoms with Crippen LogP contribution in [0.3, 0.4) is 0 Å². The lowest BCUT2D eigenvalue weighted by molar-refractivity contribution is 0.0585. The Morgan fingerprint density at radius 2 is 1.85 bits per heavy atom. The van der Waals surface area contributed by atoms with Crippen molar-refractivity contribution in [2.75, 3.05) is 0 Å². The van der Waals surface area contributed by atoms with Gasteiger partial charge in [0, 0.05) is 0 Å². The van der Waals surface area contributed by atoms with E-state index in [4.69, 9.17) is 0 Å². The number of hydrogen-bond acceptors (Lipinski definition) is 1. The predicted molar refractivity (Wildman–Crippen MR) is 82.3 cm³/mol. The van der Waals surface area contributed by atoms with Gasteiger partial charge in [0.05, 0.1) is 6.10 Å². The Bertz CT molecular complexity index is 488. The summed E-state index contributed by atoms with van der Waals surface area (Å²) in [7, 11) is 0. The molecule has 1 heteroatoms. The molecule has 0 aliphatic heterocycles. The van der Waals surface area contributed by atoms with E-state index in [9.17, 15) is 5.11 Å². The minimum atomic E-state index is -0.0930. The predicted octanol–water partition coefficient (Wildman–Crippen LogP) is 4.62. The van der Waals surface area contributed by atoms with E-state index in [0.717, 1.165) is 24.7 Å². The van der Waals surface area contributed by atoms with Gasteiger partial charge in [-0.25, -0.2) is 0 Å². The van der Waals surface area contributed by atoms with Crippen molar-refractivity contribution in [1.82, 2.24) is 0 Å². The highest BCUT2D eigenvalue weighted by Crippen LogP contribution is 2.63. The van der Waals surface area contributed by atoms with Crippen molar-refractivity contribution in [3.8, 4) is 0 Å². The number of allylic oxidation sites excluding steroid dienone is 3. The molecular weight excluding hydrogens is 244 g/mol. The van der Waals surface area contributed by atoms with Crippen molar-refractivity contribution in [2.24, 2.45) is 22.7 Å². The van der Waals surface area contributed by atoms with Crippen LogP contribution in [0, 0.1) is 22.7 Å². The lowest BCUT2D eigenvalue weighted by Crippen LogP contribution is -2.44. The maximum Gasteiger partial charge on any atom is 0.0578 e. The molecule has 5 atom stereocenters. The average molecular weight is 272 g/mol. The Kier molecular flexibility index (Phi) is 2.77. The average Bonchev–Trinajstić information content (AvgIpc) is 2.81. The third-order valence-corrected chi connectivity index (χ3v) is 7.32. The number of fused-ring (bicyclic) bond motifs is 5. The van der Waals surface area contributed by atoms with E-state index in [0.29, 0.717) is 10.8 Å². The molecule has 0 spiro atoms. The molecule has 1 N–H and O–H groups in total. The van der Waals surface area contributed by atoms with Gasteiger partial charge >= 0.3 is 0 Å². The van der Waals surface area contributed by atoms with Gasteiger partial charge in [-0.1, -0.05) is 43.6 Å². The fraction of sp³-hybridized carbons (Fsp3) is 0.789. The summed E-state index contributed by atoms with van der Waals surface area (Å²) < 4.78 is 0. The maximum atomic E-state index is 9.99. The van der Waals surface area contributed by atoms with Crippen LogP contribution in [0.1, 0.15) is 65.2 Å². The Balaban J connectivity index is 1.74. The first-order valence-electron chi connectivity index (χ1n) is 8.62. The maximum absolute atomic E-state index is 9.99. The van der Waals surface area contributed by atoms with E-state index in [2.05, 4.69) is 26.0 Å². The van der Waals surface area contributed by atoms with Gasteiger partial charge in [-0.05, 0) is 67.6 Å². The number of rotatable bonds is 0. The first-order chi connectivity index (χ1) is 9.53. The number of aliphatic hydroxyl groups is 1. The normalized spacial score (nSPS) is 50.6. The van der Waals surface area contributed by atoms with Crippen molar-refractivity contribution >= 4 is 0 Å². The van der Waals surface area contributed by atoms with Crippen molar-refractivity contribution in [3.05, 3.63) is 23.3 Å². The fourth-order valence-electron chi connectivity index (χ4n) is 5.97. The van der Waals surface area contributed by atoms with E-state index in [1.807, 2.05) is 0 Å². The highest BCUT2D eigenvalue weighted by Gasteiger charge is 2.52. The van der Waals surface area contributed by atoms with Crippen LogP contribution in [0.4, 0.5) is 0 Å². The molecule has 0 aromatic carbocycles. The SMILES string of the molecule is C[C@@]12CCC[C@H]1C1=CC=C3C[C@H](O)CC[C@]3(C)[C@H]1CC2. The molecule has 0 aromatic heterocycles. The first-order valence-corrected chi connectivity index (χ1v) is 8.62. The standard InChI is InChI=1S/C19H28O/c1-18-9-3-4-16(18)15-6-5-13-12-14(20)7-11-19(13,2)17(15)8-10-18/h5-6,14,16-17,20H,3-4,7-12H2,1-2H3/t14-,16+,17+,18+,19+/m1/s1. The van der Waals surface area contributed by atoms with Gasteiger partial charge in [0.15, 0.2) is 0 Å². The molecule has 20 heavy (non-hydrogen) atoms. The number of aliphatic hydroxyl groups excluding tert-OH is 1. The Morgan fingerprint density at radius 1 is 1.00 bits per heavy atom. The van der Waals surface area contributed by atoms with Gasteiger partial charge in [0.1, 0.15) is 0 Å². The molecular formula is C19H28O. The molecule has 3 fully saturated rings. The van der Waals surface area contributed by atoms with Gasteiger partial charge in [-0.2, -0.15) is 0 Å². The Hall–Kier alpha value is -0.560. The minimum Gasteiger partial charge on any atom is -0.393 e. The Labute approximate surface area is 123 Å². The minimum absolute atomic E-state index is 0.0930. The molecule has 110 valence electrons. The topological polar surface area (TPSA) is 20.2 Å². The van der Waals surface area contributed by atoms with Crippen LogP contribution in [-0.4, -0.2) is 11.2 Å². The van der Waals surface area contributed by atoms with Crippen LogP contribution in [0.15, 0.2) is 23.3 Å². The van der Waals surface area contributed by atoms with Crippen LogP contribution in [-0.2, 0) is 0 Å². The van der Waals surface area contributed by atoms with Crippen molar-refractivity contribution in [3.63, 3.8) is 0 Å². The third kappa shape index (κ3) is 1.65. The fourth-order valence-corrected chi connectivity index (χ4v) is 5.97. The van der Waals surface area contributed by atoms with Gasteiger partial charge in [-0.15, -0.1) is 0 Å². The molecule has 0 heterocycles. The second-order valence-corrected chi connectivity index (χ2v) is 8.36. The lowest BCUT2D eigenvalue weighted by Gasteiger charge is -2.53. The van der Waals surface area contributed by atoms with Gasteiger partial charge in [-0.3, -0.25) is 0 Å². The van der Waals surface area contributed by atoms with E-state index >= 15 is 0 Å². The van der Waals surface area contributed by atoms with E-state index in [1.165, 1.54) is 44.1 Å². The summed E-state index contributed by atoms with van der Waals surface area (Å²) in [6.07, 6.45) is 14.9. The molecule has 4 aliphatic rings. The summed E-state index contributed by atoms with van der Waals surface area (Å²) in [5.74, 6) is 1.62. The first kappa shape index (κ1) is 13.1. The summed E-state index contributed by atoms with van der Waals surface area (Å²) in [5, 5.41) is 9.99. The van der Waals surface area contributed by atoms with E-state index < -0.39 is 0 Å². The van der Waals surface area contributed by atoms with Crippen molar-refractivity contribution in [2.45, 2.75) is 71.3 Å². The number of hydrogen-bond donors (Lipinski definition) is 1. The molecule has 0 unspecified atom stereocenters. The summed E-state index contributed by atoms with van der Waals surface area (Å²) in [6, 6.07) is 0. The van der Waals surface area contributed by atoms with Crippen LogP contribution in [0.25, 0.3) is 0 Å². The second kappa shape index (κ2) is 4.22. The van der Waals surface area contributed by atoms with E-state index in [-0.39, 0.29) is 6.10 Å². The zero-order valence-electron chi connectivity index (χ0n) is 13.0. The highest BCUT2D eigenvalue weighted by molar-refractivity contribution is 5.38. The van der Waals surface area contributed by atoms with Crippen LogP contribution < -0.4 is 0 Å². The molecule has 1 nitrogen and oxygen atoms in total. The zero-order chi connectivity index (χ0) is 14.0. The highest BCUT2D eigenvalue weighted by atomic mass is 16.3. The summed E-state index contributed by atoms with van der Waals surface area (Å²) in [6.45, 7) is 5.02. The molecule has 0 aromatic rings. The largest absolute Gasteiger partial charge is 0.393 e.